The van der Waals surface area contributed by atoms with Gasteiger partial charge < -0.3 is 10.2 Å². The molecule has 0 aliphatic heterocycles. The lowest BCUT2D eigenvalue weighted by Gasteiger charge is -2.13. The maximum atomic E-state index is 12.0. The summed E-state index contributed by atoms with van der Waals surface area (Å²) in [6, 6.07) is 2.43. The molecule has 0 fully saturated rings. The highest BCUT2D eigenvalue weighted by Gasteiger charge is 2.27. The zero-order valence-corrected chi connectivity index (χ0v) is 12.7. The van der Waals surface area contributed by atoms with Gasteiger partial charge in [-0.1, -0.05) is 15.9 Å². The summed E-state index contributed by atoms with van der Waals surface area (Å²) in [5.41, 5.74) is 0.651. The highest BCUT2D eigenvalue weighted by atomic mass is 79.9. The highest BCUT2D eigenvalue weighted by molar-refractivity contribution is 9.10. The number of carboxylic acid groups (broad SMARTS) is 2. The molecule has 0 heterocycles. The normalized spacial score (nSPS) is 12.9. The Labute approximate surface area is 123 Å². The molecule has 0 radical (unpaired) electrons. The number of carbonyl (C=O) groups is 2. The fourth-order valence-corrected chi connectivity index (χ4v) is 2.91. The van der Waals surface area contributed by atoms with Crippen molar-refractivity contribution >= 4 is 37.9 Å². The van der Waals surface area contributed by atoms with Gasteiger partial charge in [0.2, 0.25) is 10.0 Å². The Kier molecular flexibility index (Phi) is 5.26. The van der Waals surface area contributed by atoms with E-state index in [9.17, 15) is 18.0 Å². The molecule has 0 bridgehead atoms. The lowest BCUT2D eigenvalue weighted by atomic mass is 10.2. The van der Waals surface area contributed by atoms with Crippen LogP contribution in [0.1, 0.15) is 12.0 Å². The summed E-state index contributed by atoms with van der Waals surface area (Å²) in [5, 5.41) is 17.4. The predicted molar refractivity (Wildman–Crippen MR) is 72.9 cm³/mol. The molecule has 1 rings (SSSR count). The van der Waals surface area contributed by atoms with E-state index in [1.54, 1.807) is 6.92 Å². The fraction of sp³-hybridized carbons (Fsp3) is 0.273. The summed E-state index contributed by atoms with van der Waals surface area (Å²) in [5.74, 6) is -2.96. The van der Waals surface area contributed by atoms with Crippen molar-refractivity contribution in [1.29, 1.82) is 0 Å². The van der Waals surface area contributed by atoms with Crippen molar-refractivity contribution < 1.29 is 28.2 Å². The maximum Gasteiger partial charge on any atom is 0.322 e. The van der Waals surface area contributed by atoms with Gasteiger partial charge in [0.05, 0.1) is 11.3 Å². The molecule has 1 aromatic carbocycles. The van der Waals surface area contributed by atoms with Crippen molar-refractivity contribution in [2.24, 2.45) is 0 Å². The van der Waals surface area contributed by atoms with Gasteiger partial charge in [0, 0.05) is 4.47 Å². The van der Waals surface area contributed by atoms with Gasteiger partial charge in [-0.25, -0.2) is 8.42 Å². The molecular formula is C11H12BrNO6S. The number of sulfonamides is 1. The van der Waals surface area contributed by atoms with Crippen LogP contribution in [0.4, 0.5) is 0 Å². The molecule has 0 saturated heterocycles. The van der Waals surface area contributed by atoms with Crippen LogP contribution in [-0.2, 0) is 19.6 Å². The molecule has 20 heavy (non-hydrogen) atoms. The first-order valence-corrected chi connectivity index (χ1v) is 7.64. The van der Waals surface area contributed by atoms with Gasteiger partial charge in [-0.2, -0.15) is 4.72 Å². The molecular weight excluding hydrogens is 354 g/mol. The van der Waals surface area contributed by atoms with Gasteiger partial charge in [0.1, 0.15) is 6.04 Å². The van der Waals surface area contributed by atoms with E-state index in [0.717, 1.165) is 0 Å². The van der Waals surface area contributed by atoms with Gasteiger partial charge in [0.15, 0.2) is 0 Å². The quantitative estimate of drug-likeness (QED) is 0.690. The average molecular weight is 366 g/mol. The van der Waals surface area contributed by atoms with Crippen LogP contribution in [0.2, 0.25) is 0 Å². The molecule has 1 atom stereocenters. The molecule has 0 spiro atoms. The van der Waals surface area contributed by atoms with Crippen LogP contribution in [0.5, 0.6) is 0 Å². The van der Waals surface area contributed by atoms with E-state index in [-0.39, 0.29) is 4.90 Å². The molecule has 0 saturated carbocycles. The number of hydrogen-bond donors (Lipinski definition) is 3. The van der Waals surface area contributed by atoms with Gasteiger partial charge in [-0.3, -0.25) is 9.59 Å². The van der Waals surface area contributed by atoms with Crippen molar-refractivity contribution in [2.45, 2.75) is 24.3 Å². The summed E-state index contributed by atoms with van der Waals surface area (Å²) < 4.78 is 26.6. The van der Waals surface area contributed by atoms with Crippen molar-refractivity contribution in [1.82, 2.24) is 4.72 Å². The minimum Gasteiger partial charge on any atom is -0.481 e. The molecule has 0 amide bonds. The summed E-state index contributed by atoms with van der Waals surface area (Å²) in [4.78, 5) is 21.3. The summed E-state index contributed by atoms with van der Waals surface area (Å²) >= 11 is 3.22. The summed E-state index contributed by atoms with van der Waals surface area (Å²) in [6.07, 6.45) is -0.843. The summed E-state index contributed by atoms with van der Waals surface area (Å²) in [6.45, 7) is 1.68. The number of aryl methyl sites for hydroxylation is 1. The first-order chi connectivity index (χ1) is 9.13. The van der Waals surface area contributed by atoms with Crippen LogP contribution >= 0.6 is 15.9 Å². The lowest BCUT2D eigenvalue weighted by Crippen LogP contribution is -2.42. The third-order valence-electron chi connectivity index (χ3n) is 2.41. The van der Waals surface area contributed by atoms with Crippen LogP contribution < -0.4 is 4.72 Å². The molecule has 0 unspecified atom stereocenters. The van der Waals surface area contributed by atoms with Crippen molar-refractivity contribution in [3.8, 4) is 0 Å². The van der Waals surface area contributed by atoms with Crippen LogP contribution in [0.15, 0.2) is 27.6 Å². The molecule has 0 aliphatic rings. The maximum absolute atomic E-state index is 12.0. The monoisotopic (exact) mass is 365 g/mol. The first kappa shape index (κ1) is 16.6. The van der Waals surface area contributed by atoms with Gasteiger partial charge in [-0.05, 0) is 30.7 Å². The third-order valence-corrected chi connectivity index (χ3v) is 4.77. The largest absolute Gasteiger partial charge is 0.481 e. The molecule has 0 aliphatic carbocycles. The fourth-order valence-electron chi connectivity index (χ4n) is 1.39. The van der Waals surface area contributed by atoms with Crippen molar-refractivity contribution in [3.63, 3.8) is 0 Å². The Morgan fingerprint density at radius 2 is 1.95 bits per heavy atom. The Bertz CT molecular complexity index is 642. The van der Waals surface area contributed by atoms with E-state index in [1.807, 2.05) is 4.72 Å². The zero-order chi connectivity index (χ0) is 15.5. The van der Waals surface area contributed by atoms with Crippen LogP contribution in [0.25, 0.3) is 0 Å². The van der Waals surface area contributed by atoms with E-state index in [4.69, 9.17) is 10.2 Å². The number of nitrogens with one attached hydrogen (secondary N) is 1. The Balaban J connectivity index is 3.06. The number of hydrogen-bond acceptors (Lipinski definition) is 4. The van der Waals surface area contributed by atoms with Crippen molar-refractivity contribution in [3.05, 3.63) is 28.2 Å². The third kappa shape index (κ3) is 4.29. The van der Waals surface area contributed by atoms with Crippen LogP contribution in [0, 0.1) is 6.92 Å². The molecule has 110 valence electrons. The number of carboxylic acids is 2. The molecule has 9 heteroatoms. The number of aliphatic carboxylic acids is 2. The van der Waals surface area contributed by atoms with Crippen LogP contribution in [-0.4, -0.2) is 36.6 Å². The lowest BCUT2D eigenvalue weighted by molar-refractivity contribution is -0.145. The van der Waals surface area contributed by atoms with Crippen LogP contribution in [0.3, 0.4) is 0 Å². The Morgan fingerprint density at radius 3 is 2.40 bits per heavy atom. The Hall–Kier alpha value is -1.45. The van der Waals surface area contributed by atoms with E-state index in [2.05, 4.69) is 15.9 Å². The smallest absolute Gasteiger partial charge is 0.322 e. The standard InChI is InChI=1S/C11H12BrNO6S/c1-6-4-7(2-3-8(6)12)20(18,19)13-9(11(16)17)5-10(14)15/h2-4,9,13H,5H2,1H3,(H,14,15)(H,16,17)/t9-/m0/s1. The number of halogens is 1. The molecule has 1 aromatic rings. The molecule has 0 aromatic heterocycles. The number of benzene rings is 1. The van der Waals surface area contributed by atoms with Gasteiger partial charge in [0.25, 0.3) is 0 Å². The molecule has 3 N–H and O–H groups in total. The second-order valence-electron chi connectivity index (χ2n) is 4.02. The van der Waals surface area contributed by atoms with E-state index in [0.29, 0.717) is 10.0 Å². The average Bonchev–Trinajstić information content (AvgIpc) is 2.30. The van der Waals surface area contributed by atoms with E-state index < -0.39 is 34.4 Å². The minimum absolute atomic E-state index is 0.130. The van der Waals surface area contributed by atoms with E-state index in [1.165, 1.54) is 18.2 Å². The van der Waals surface area contributed by atoms with Gasteiger partial charge >= 0.3 is 11.9 Å². The first-order valence-electron chi connectivity index (χ1n) is 5.36. The minimum atomic E-state index is -4.10. The summed E-state index contributed by atoms with van der Waals surface area (Å²) in [7, 11) is -4.10. The van der Waals surface area contributed by atoms with Gasteiger partial charge in [-0.15, -0.1) is 0 Å². The number of rotatable bonds is 6. The van der Waals surface area contributed by atoms with E-state index >= 15 is 0 Å². The topological polar surface area (TPSA) is 121 Å². The molecule has 7 nitrogen and oxygen atoms in total. The predicted octanol–water partition coefficient (Wildman–Crippen LogP) is 0.964. The van der Waals surface area contributed by atoms with Crippen molar-refractivity contribution in [2.75, 3.05) is 0 Å². The second kappa shape index (κ2) is 6.33. The SMILES string of the molecule is Cc1cc(S(=O)(=O)N[C@@H](CC(=O)O)C(=O)O)ccc1Br. The Morgan fingerprint density at radius 1 is 1.35 bits per heavy atom. The second-order valence-corrected chi connectivity index (χ2v) is 6.59. The zero-order valence-electron chi connectivity index (χ0n) is 10.3. The highest BCUT2D eigenvalue weighted by Crippen LogP contribution is 2.20.